The lowest BCUT2D eigenvalue weighted by atomic mass is 10.1. The molecule has 0 saturated heterocycles. The third kappa shape index (κ3) is 2.53. The summed E-state index contributed by atoms with van der Waals surface area (Å²) >= 11 is 0. The zero-order valence-electron chi connectivity index (χ0n) is 8.10. The van der Waals surface area contributed by atoms with E-state index in [0.29, 0.717) is 5.69 Å². The van der Waals surface area contributed by atoms with Gasteiger partial charge in [-0.15, -0.1) is 0 Å². The molecule has 0 aliphatic rings. The van der Waals surface area contributed by atoms with Gasteiger partial charge in [-0.3, -0.25) is 9.78 Å². The van der Waals surface area contributed by atoms with Gasteiger partial charge in [0.05, 0.1) is 5.69 Å². The highest BCUT2D eigenvalue weighted by molar-refractivity contribution is 5.79. The van der Waals surface area contributed by atoms with Crippen molar-refractivity contribution in [1.29, 1.82) is 0 Å². The third-order valence-electron chi connectivity index (χ3n) is 1.88. The molecule has 4 heteroatoms. The molecule has 1 unspecified atom stereocenters. The molecule has 3 N–H and O–H groups in total. The smallest absolute Gasteiger partial charge is 0.252 e. The van der Waals surface area contributed by atoms with Crippen LogP contribution in [-0.4, -0.2) is 16.0 Å². The minimum atomic E-state index is -1.30. The highest BCUT2D eigenvalue weighted by atomic mass is 16.3. The van der Waals surface area contributed by atoms with E-state index in [9.17, 15) is 9.90 Å². The summed E-state index contributed by atoms with van der Waals surface area (Å²) in [7, 11) is 0. The topological polar surface area (TPSA) is 76.2 Å². The number of aromatic nitrogens is 1. The molecule has 1 atom stereocenters. The van der Waals surface area contributed by atoms with E-state index in [-0.39, 0.29) is 0 Å². The fourth-order valence-corrected chi connectivity index (χ4v) is 1.19. The number of primary amides is 1. The molecule has 0 spiro atoms. The summed E-state index contributed by atoms with van der Waals surface area (Å²) in [5.41, 5.74) is 6.15. The summed E-state index contributed by atoms with van der Waals surface area (Å²) in [5.74, 6) is -0.772. The number of nitrogens with two attached hydrogens (primary N) is 1. The lowest BCUT2D eigenvalue weighted by Crippen LogP contribution is -2.22. The molecule has 1 rings (SSSR count). The molecular formula is C10H14N2O2. The first-order valence-electron chi connectivity index (χ1n) is 4.58. The minimum Gasteiger partial charge on any atom is -0.377 e. The third-order valence-corrected chi connectivity index (χ3v) is 1.88. The van der Waals surface area contributed by atoms with Crippen LogP contribution in [0.1, 0.15) is 30.8 Å². The molecule has 0 radical (unpaired) electrons. The van der Waals surface area contributed by atoms with Crippen LogP contribution in [0, 0.1) is 0 Å². The molecule has 0 aliphatic heterocycles. The minimum absolute atomic E-state index is 0.323. The van der Waals surface area contributed by atoms with E-state index in [1.54, 1.807) is 12.1 Å². The predicted octanol–water partition coefficient (Wildman–Crippen LogP) is 0.553. The quantitative estimate of drug-likeness (QED) is 0.735. The van der Waals surface area contributed by atoms with Crippen molar-refractivity contribution in [2.75, 3.05) is 0 Å². The Hall–Kier alpha value is -1.42. The van der Waals surface area contributed by atoms with E-state index in [0.717, 1.165) is 18.5 Å². The molecule has 0 aromatic carbocycles. The molecule has 76 valence electrons. The van der Waals surface area contributed by atoms with Gasteiger partial charge < -0.3 is 10.8 Å². The summed E-state index contributed by atoms with van der Waals surface area (Å²) in [5, 5.41) is 9.35. The number of rotatable bonds is 4. The Bertz CT molecular complexity index is 326. The van der Waals surface area contributed by atoms with Crippen LogP contribution in [0.4, 0.5) is 0 Å². The summed E-state index contributed by atoms with van der Waals surface area (Å²) in [4.78, 5) is 14.8. The van der Waals surface area contributed by atoms with Crippen LogP contribution in [0.15, 0.2) is 18.2 Å². The second-order valence-electron chi connectivity index (χ2n) is 3.11. The number of carbonyl (C=O) groups excluding carboxylic acids is 1. The van der Waals surface area contributed by atoms with Gasteiger partial charge in [0.2, 0.25) is 0 Å². The molecule has 0 saturated carbocycles. The summed E-state index contributed by atoms with van der Waals surface area (Å²) in [6.45, 7) is 2.04. The molecule has 1 amide bonds. The molecule has 14 heavy (non-hydrogen) atoms. The van der Waals surface area contributed by atoms with Crippen molar-refractivity contribution >= 4 is 5.91 Å². The molecule has 1 aromatic rings. The Balaban J connectivity index is 2.87. The number of aliphatic hydroxyl groups is 1. The van der Waals surface area contributed by atoms with Gasteiger partial charge in [-0.05, 0) is 18.6 Å². The molecule has 1 aromatic heterocycles. The SMILES string of the molecule is CCCc1cccc(C(O)C(N)=O)n1. The van der Waals surface area contributed by atoms with Crippen LogP contribution in [-0.2, 0) is 11.2 Å². The van der Waals surface area contributed by atoms with Gasteiger partial charge in [0.1, 0.15) is 0 Å². The number of aryl methyl sites for hydroxylation is 1. The van der Waals surface area contributed by atoms with Crippen LogP contribution in [0.25, 0.3) is 0 Å². The number of pyridine rings is 1. The average Bonchev–Trinajstić information content (AvgIpc) is 2.17. The van der Waals surface area contributed by atoms with Crippen molar-refractivity contribution in [3.05, 3.63) is 29.6 Å². The summed E-state index contributed by atoms with van der Waals surface area (Å²) in [6, 6.07) is 5.22. The van der Waals surface area contributed by atoms with Crippen molar-refractivity contribution in [1.82, 2.24) is 4.98 Å². The first kappa shape index (κ1) is 10.7. The van der Waals surface area contributed by atoms with Crippen molar-refractivity contribution < 1.29 is 9.90 Å². The normalized spacial score (nSPS) is 12.4. The van der Waals surface area contributed by atoms with Gasteiger partial charge in [0.15, 0.2) is 6.10 Å². The van der Waals surface area contributed by atoms with Gasteiger partial charge in [0, 0.05) is 5.69 Å². The van der Waals surface area contributed by atoms with E-state index in [2.05, 4.69) is 4.98 Å². The van der Waals surface area contributed by atoms with Crippen molar-refractivity contribution in [2.24, 2.45) is 5.73 Å². The second kappa shape index (κ2) is 4.72. The zero-order chi connectivity index (χ0) is 10.6. The maximum atomic E-state index is 10.7. The maximum Gasteiger partial charge on any atom is 0.252 e. The van der Waals surface area contributed by atoms with Gasteiger partial charge in [-0.1, -0.05) is 19.4 Å². The van der Waals surface area contributed by atoms with Gasteiger partial charge >= 0.3 is 0 Å². The highest BCUT2D eigenvalue weighted by Crippen LogP contribution is 2.10. The van der Waals surface area contributed by atoms with Crippen LogP contribution in [0.2, 0.25) is 0 Å². The van der Waals surface area contributed by atoms with Crippen LogP contribution >= 0.6 is 0 Å². The van der Waals surface area contributed by atoms with Crippen LogP contribution in [0.3, 0.4) is 0 Å². The lowest BCUT2D eigenvalue weighted by Gasteiger charge is -2.07. The van der Waals surface area contributed by atoms with E-state index < -0.39 is 12.0 Å². The predicted molar refractivity (Wildman–Crippen MR) is 52.4 cm³/mol. The van der Waals surface area contributed by atoms with E-state index in [4.69, 9.17) is 5.73 Å². The number of hydrogen-bond acceptors (Lipinski definition) is 3. The van der Waals surface area contributed by atoms with Crippen LogP contribution in [0.5, 0.6) is 0 Å². The number of nitrogens with zero attached hydrogens (tertiary/aromatic N) is 1. The Morgan fingerprint density at radius 3 is 2.93 bits per heavy atom. The zero-order valence-corrected chi connectivity index (χ0v) is 8.10. The van der Waals surface area contributed by atoms with Gasteiger partial charge in [0.25, 0.3) is 5.91 Å². The lowest BCUT2D eigenvalue weighted by molar-refractivity contribution is -0.126. The summed E-state index contributed by atoms with van der Waals surface area (Å²) < 4.78 is 0. The van der Waals surface area contributed by atoms with Crippen molar-refractivity contribution in [3.63, 3.8) is 0 Å². The average molecular weight is 194 g/mol. The van der Waals surface area contributed by atoms with E-state index >= 15 is 0 Å². The Labute approximate surface area is 82.8 Å². The second-order valence-corrected chi connectivity index (χ2v) is 3.11. The van der Waals surface area contributed by atoms with Crippen LogP contribution < -0.4 is 5.73 Å². The maximum absolute atomic E-state index is 10.7. The number of carbonyl (C=O) groups is 1. The van der Waals surface area contributed by atoms with E-state index in [1.807, 2.05) is 13.0 Å². The Morgan fingerprint density at radius 2 is 2.36 bits per heavy atom. The van der Waals surface area contributed by atoms with Crippen molar-refractivity contribution in [3.8, 4) is 0 Å². The monoisotopic (exact) mass is 194 g/mol. The Kier molecular flexibility index (Phi) is 3.59. The fraction of sp³-hybridized carbons (Fsp3) is 0.400. The Morgan fingerprint density at radius 1 is 1.64 bits per heavy atom. The van der Waals surface area contributed by atoms with Gasteiger partial charge in [-0.2, -0.15) is 0 Å². The summed E-state index contributed by atoms with van der Waals surface area (Å²) in [6.07, 6.45) is 0.509. The van der Waals surface area contributed by atoms with E-state index in [1.165, 1.54) is 0 Å². The number of amides is 1. The number of aliphatic hydroxyl groups excluding tert-OH is 1. The van der Waals surface area contributed by atoms with Crippen molar-refractivity contribution in [2.45, 2.75) is 25.9 Å². The molecule has 1 heterocycles. The first-order valence-corrected chi connectivity index (χ1v) is 4.58. The van der Waals surface area contributed by atoms with Gasteiger partial charge in [-0.25, -0.2) is 0 Å². The molecular weight excluding hydrogens is 180 g/mol. The molecule has 4 nitrogen and oxygen atoms in total. The number of hydrogen-bond donors (Lipinski definition) is 2. The standard InChI is InChI=1S/C10H14N2O2/c1-2-4-7-5-3-6-8(12-7)9(13)10(11)14/h3,5-6,9,13H,2,4H2,1H3,(H2,11,14). The largest absolute Gasteiger partial charge is 0.377 e. The molecule has 0 fully saturated rings. The molecule has 0 aliphatic carbocycles. The highest BCUT2D eigenvalue weighted by Gasteiger charge is 2.14. The fourth-order valence-electron chi connectivity index (χ4n) is 1.19. The first-order chi connectivity index (χ1) is 6.65. The molecule has 0 bridgehead atoms.